The van der Waals surface area contributed by atoms with E-state index >= 15 is 0 Å². The highest BCUT2D eigenvalue weighted by Gasteiger charge is 2.09. The molecule has 0 fully saturated rings. The zero-order valence-corrected chi connectivity index (χ0v) is 11.3. The Labute approximate surface area is 109 Å². The quantitative estimate of drug-likeness (QED) is 0.690. The van der Waals surface area contributed by atoms with Gasteiger partial charge in [-0.1, -0.05) is 0 Å². The second-order valence-electron chi connectivity index (χ2n) is 4.13. The summed E-state index contributed by atoms with van der Waals surface area (Å²) in [7, 11) is -0.814. The number of carbonyl (C=O) groups is 1. The Kier molecular flexibility index (Phi) is 5.08. The molecule has 18 heavy (non-hydrogen) atoms. The van der Waals surface area contributed by atoms with Gasteiger partial charge in [0.2, 0.25) is 0 Å². The third kappa shape index (κ3) is 4.33. The average molecular weight is 270 g/mol. The smallest absolute Gasteiger partial charge is 0.250 e. The molecule has 7 heteroatoms. The van der Waals surface area contributed by atoms with Gasteiger partial charge in [0.15, 0.2) is 0 Å². The Morgan fingerprint density at radius 1 is 1.61 bits per heavy atom. The van der Waals surface area contributed by atoms with E-state index in [0.717, 1.165) is 6.42 Å². The standard InChI is InChI=1S/C11H18N4O2S/c1-7(3-4-18(2)17)15-10-5-8(11(13)16)9(12)6-14-10/h5-7H,3-4,12H2,1-2H3,(H2,13,16)(H,14,15). The molecule has 1 heterocycles. The van der Waals surface area contributed by atoms with Crippen molar-refractivity contribution >= 4 is 28.2 Å². The Morgan fingerprint density at radius 3 is 2.83 bits per heavy atom. The minimum atomic E-state index is -0.814. The van der Waals surface area contributed by atoms with Gasteiger partial charge in [0.05, 0.1) is 17.4 Å². The van der Waals surface area contributed by atoms with Crippen molar-refractivity contribution < 1.29 is 9.00 Å². The van der Waals surface area contributed by atoms with Crippen molar-refractivity contribution in [3.05, 3.63) is 17.8 Å². The van der Waals surface area contributed by atoms with Crippen molar-refractivity contribution in [2.24, 2.45) is 5.73 Å². The third-order valence-electron chi connectivity index (χ3n) is 2.43. The van der Waals surface area contributed by atoms with Gasteiger partial charge in [0, 0.05) is 28.9 Å². The molecule has 100 valence electrons. The molecule has 1 amide bonds. The monoisotopic (exact) mass is 270 g/mol. The fourth-order valence-electron chi connectivity index (χ4n) is 1.43. The molecule has 2 unspecified atom stereocenters. The molecule has 6 nitrogen and oxygen atoms in total. The number of pyridine rings is 1. The molecule has 0 aliphatic carbocycles. The van der Waals surface area contributed by atoms with Gasteiger partial charge in [-0.05, 0) is 19.4 Å². The number of hydrogen-bond acceptors (Lipinski definition) is 5. The maximum atomic E-state index is 11.1. The van der Waals surface area contributed by atoms with Gasteiger partial charge in [0.25, 0.3) is 5.91 Å². The van der Waals surface area contributed by atoms with Gasteiger partial charge in [-0.15, -0.1) is 0 Å². The van der Waals surface area contributed by atoms with Crippen LogP contribution in [0.1, 0.15) is 23.7 Å². The minimum absolute atomic E-state index is 0.103. The molecule has 2 atom stereocenters. The number of aromatic nitrogens is 1. The van der Waals surface area contributed by atoms with Crippen LogP contribution in [0.2, 0.25) is 0 Å². The van der Waals surface area contributed by atoms with E-state index in [0.29, 0.717) is 11.6 Å². The Hall–Kier alpha value is -1.63. The molecular weight excluding hydrogens is 252 g/mol. The highest BCUT2D eigenvalue weighted by molar-refractivity contribution is 7.84. The van der Waals surface area contributed by atoms with Crippen LogP contribution in [-0.2, 0) is 10.8 Å². The second kappa shape index (κ2) is 6.34. The van der Waals surface area contributed by atoms with Crippen molar-refractivity contribution in [3.63, 3.8) is 0 Å². The summed E-state index contributed by atoms with van der Waals surface area (Å²) in [5, 5.41) is 3.11. The molecular formula is C11H18N4O2S. The van der Waals surface area contributed by atoms with Crippen molar-refractivity contribution in [2.75, 3.05) is 23.1 Å². The van der Waals surface area contributed by atoms with Crippen molar-refractivity contribution in [2.45, 2.75) is 19.4 Å². The van der Waals surface area contributed by atoms with E-state index in [4.69, 9.17) is 11.5 Å². The summed E-state index contributed by atoms with van der Waals surface area (Å²) in [6.07, 6.45) is 3.81. The fourth-order valence-corrected chi connectivity index (χ4v) is 2.11. The van der Waals surface area contributed by atoms with Crippen LogP contribution < -0.4 is 16.8 Å². The molecule has 0 bridgehead atoms. The number of nitrogens with two attached hydrogens (primary N) is 2. The predicted octanol–water partition coefficient (Wildman–Crippen LogP) is 0.332. The van der Waals surface area contributed by atoms with Gasteiger partial charge in [0.1, 0.15) is 5.82 Å². The fraction of sp³-hybridized carbons (Fsp3) is 0.455. The number of primary amides is 1. The van der Waals surface area contributed by atoms with Crippen molar-refractivity contribution in [1.29, 1.82) is 0 Å². The largest absolute Gasteiger partial charge is 0.397 e. The summed E-state index contributed by atoms with van der Waals surface area (Å²) in [5.41, 5.74) is 11.3. The van der Waals surface area contributed by atoms with Gasteiger partial charge in [-0.3, -0.25) is 9.00 Å². The molecule has 0 radical (unpaired) electrons. The van der Waals surface area contributed by atoms with Crippen molar-refractivity contribution in [1.82, 2.24) is 4.98 Å². The van der Waals surface area contributed by atoms with Crippen LogP contribution in [-0.4, -0.2) is 33.2 Å². The van der Waals surface area contributed by atoms with E-state index in [1.165, 1.54) is 12.3 Å². The van der Waals surface area contributed by atoms with Gasteiger partial charge >= 0.3 is 0 Å². The SMILES string of the molecule is CC(CCS(C)=O)Nc1cc(C(N)=O)c(N)cn1. The summed E-state index contributed by atoms with van der Waals surface area (Å²) in [4.78, 5) is 15.2. The minimum Gasteiger partial charge on any atom is -0.397 e. The van der Waals surface area contributed by atoms with E-state index in [2.05, 4.69) is 10.3 Å². The summed E-state index contributed by atoms with van der Waals surface area (Å²) in [5.74, 6) is 0.568. The molecule has 5 N–H and O–H groups in total. The van der Waals surface area contributed by atoms with Gasteiger partial charge < -0.3 is 16.8 Å². The highest BCUT2D eigenvalue weighted by Crippen LogP contribution is 2.15. The number of hydrogen-bond donors (Lipinski definition) is 3. The predicted molar refractivity (Wildman–Crippen MR) is 73.8 cm³/mol. The van der Waals surface area contributed by atoms with Gasteiger partial charge in [-0.2, -0.15) is 0 Å². The van der Waals surface area contributed by atoms with Crippen LogP contribution in [0.15, 0.2) is 12.3 Å². The lowest BCUT2D eigenvalue weighted by molar-refractivity contribution is 0.100. The number of anilines is 2. The molecule has 0 spiro atoms. The second-order valence-corrected chi connectivity index (χ2v) is 5.69. The molecule has 1 rings (SSSR count). The van der Waals surface area contributed by atoms with E-state index in [1.54, 1.807) is 6.26 Å². The summed E-state index contributed by atoms with van der Waals surface area (Å²) < 4.78 is 11.0. The third-order valence-corrected chi connectivity index (χ3v) is 3.24. The maximum absolute atomic E-state index is 11.1. The molecule has 1 aromatic heterocycles. The van der Waals surface area contributed by atoms with Crippen LogP contribution in [0.3, 0.4) is 0 Å². The first-order valence-electron chi connectivity index (χ1n) is 5.52. The maximum Gasteiger partial charge on any atom is 0.250 e. The summed E-state index contributed by atoms with van der Waals surface area (Å²) in [6, 6.07) is 1.63. The lowest BCUT2D eigenvalue weighted by atomic mass is 10.2. The zero-order chi connectivity index (χ0) is 13.7. The Balaban J connectivity index is 2.70. The first-order chi connectivity index (χ1) is 8.40. The number of nitrogens with zero attached hydrogens (tertiary/aromatic N) is 1. The van der Waals surface area contributed by atoms with E-state index in [1.807, 2.05) is 6.92 Å². The number of nitrogens with one attached hydrogen (secondary N) is 1. The summed E-state index contributed by atoms with van der Waals surface area (Å²) in [6.45, 7) is 1.95. The normalized spacial score (nSPS) is 13.9. The molecule has 0 aliphatic rings. The Morgan fingerprint density at radius 2 is 2.28 bits per heavy atom. The number of nitrogen functional groups attached to an aromatic ring is 1. The molecule has 0 aromatic carbocycles. The van der Waals surface area contributed by atoms with Crippen LogP contribution in [0.5, 0.6) is 0 Å². The lowest BCUT2D eigenvalue weighted by Gasteiger charge is -2.14. The van der Waals surface area contributed by atoms with Crippen LogP contribution >= 0.6 is 0 Å². The van der Waals surface area contributed by atoms with E-state index < -0.39 is 16.7 Å². The molecule has 1 aromatic rings. The Bertz CT molecular complexity index is 464. The number of amides is 1. The number of rotatable bonds is 6. The summed E-state index contributed by atoms with van der Waals surface area (Å²) >= 11 is 0. The zero-order valence-electron chi connectivity index (χ0n) is 10.5. The van der Waals surface area contributed by atoms with Crippen LogP contribution in [0, 0.1) is 0 Å². The topological polar surface area (TPSA) is 111 Å². The lowest BCUT2D eigenvalue weighted by Crippen LogP contribution is -2.20. The average Bonchev–Trinajstić information content (AvgIpc) is 2.28. The first-order valence-corrected chi connectivity index (χ1v) is 7.24. The van der Waals surface area contributed by atoms with Gasteiger partial charge in [-0.25, -0.2) is 4.98 Å². The first kappa shape index (κ1) is 14.4. The molecule has 0 aliphatic heterocycles. The van der Waals surface area contributed by atoms with Crippen molar-refractivity contribution in [3.8, 4) is 0 Å². The molecule has 0 saturated carbocycles. The van der Waals surface area contributed by atoms with Crippen LogP contribution in [0.25, 0.3) is 0 Å². The van der Waals surface area contributed by atoms with Crippen LogP contribution in [0.4, 0.5) is 11.5 Å². The van der Waals surface area contributed by atoms with E-state index in [-0.39, 0.29) is 17.3 Å². The molecule has 0 saturated heterocycles. The van der Waals surface area contributed by atoms with E-state index in [9.17, 15) is 9.00 Å². The highest BCUT2D eigenvalue weighted by atomic mass is 32.2. The number of carbonyl (C=O) groups excluding carboxylic acids is 1.